The number of ether oxygens (including phenoxy) is 2. The minimum Gasteiger partial charge on any atom is -0.478 e. The van der Waals surface area contributed by atoms with Gasteiger partial charge in [0.2, 0.25) is 0 Å². The molecular weight excluding hydrogens is 248 g/mol. The third-order valence-corrected chi connectivity index (χ3v) is 1.30. The lowest BCUT2D eigenvalue weighted by Gasteiger charge is -2.02. The third kappa shape index (κ3) is 9.90. The first-order chi connectivity index (χ1) is 8.41. The quantitative estimate of drug-likeness (QED) is 0.350. The molecule has 0 aromatic heterocycles. The Morgan fingerprint density at radius 3 is 1.33 bits per heavy atom. The molecule has 8 nitrogen and oxygen atoms in total. The molecule has 0 radical (unpaired) electrons. The SMILES string of the molecule is O=C(O)/C=C/C(=O)OCCOC(=O)/C=C/C(=O)O. The highest BCUT2D eigenvalue weighted by atomic mass is 16.6. The van der Waals surface area contributed by atoms with Gasteiger partial charge in [0.15, 0.2) is 0 Å². The molecule has 0 rings (SSSR count). The molecule has 0 aliphatic heterocycles. The molecule has 18 heavy (non-hydrogen) atoms. The van der Waals surface area contributed by atoms with Crippen molar-refractivity contribution in [3.05, 3.63) is 24.3 Å². The van der Waals surface area contributed by atoms with Crippen LogP contribution in [0, 0.1) is 0 Å². The lowest BCUT2D eigenvalue weighted by molar-refractivity contribution is -0.146. The molecular formula is C10H10O8. The molecule has 0 aromatic rings. The van der Waals surface area contributed by atoms with Crippen molar-refractivity contribution in [1.82, 2.24) is 0 Å². The van der Waals surface area contributed by atoms with Crippen LogP contribution < -0.4 is 0 Å². The largest absolute Gasteiger partial charge is 0.478 e. The summed E-state index contributed by atoms with van der Waals surface area (Å²) in [5.74, 6) is -4.38. The Morgan fingerprint density at radius 2 is 1.06 bits per heavy atom. The molecule has 8 heteroatoms. The summed E-state index contributed by atoms with van der Waals surface area (Å²) in [7, 11) is 0. The minimum atomic E-state index is -1.29. The zero-order valence-corrected chi connectivity index (χ0v) is 9.07. The van der Waals surface area contributed by atoms with Crippen LogP contribution in [0.2, 0.25) is 0 Å². The highest BCUT2D eigenvalue weighted by molar-refractivity contribution is 5.91. The van der Waals surface area contributed by atoms with Crippen molar-refractivity contribution in [2.45, 2.75) is 0 Å². The van der Waals surface area contributed by atoms with Crippen LogP contribution >= 0.6 is 0 Å². The summed E-state index contributed by atoms with van der Waals surface area (Å²) in [5, 5.41) is 16.4. The molecule has 0 saturated heterocycles. The van der Waals surface area contributed by atoms with Gasteiger partial charge in [-0.2, -0.15) is 0 Å². The molecule has 0 aromatic carbocycles. The predicted octanol–water partition coefficient (Wildman–Crippen LogP) is -0.646. The van der Waals surface area contributed by atoms with E-state index in [9.17, 15) is 19.2 Å². The lowest BCUT2D eigenvalue weighted by atomic mass is 10.5. The van der Waals surface area contributed by atoms with Gasteiger partial charge in [0.05, 0.1) is 0 Å². The van der Waals surface area contributed by atoms with E-state index >= 15 is 0 Å². The number of carboxylic acid groups (broad SMARTS) is 2. The summed E-state index contributed by atoms with van der Waals surface area (Å²) in [5.41, 5.74) is 0. The van der Waals surface area contributed by atoms with Gasteiger partial charge in [-0.05, 0) is 0 Å². The van der Waals surface area contributed by atoms with E-state index in [2.05, 4.69) is 9.47 Å². The monoisotopic (exact) mass is 258 g/mol. The van der Waals surface area contributed by atoms with Crippen LogP contribution in [-0.4, -0.2) is 47.3 Å². The van der Waals surface area contributed by atoms with Crippen LogP contribution in [0.5, 0.6) is 0 Å². The van der Waals surface area contributed by atoms with Gasteiger partial charge in [0.1, 0.15) is 13.2 Å². The van der Waals surface area contributed by atoms with Crippen molar-refractivity contribution in [3.63, 3.8) is 0 Å². The van der Waals surface area contributed by atoms with Crippen molar-refractivity contribution >= 4 is 23.9 Å². The number of aliphatic carboxylic acids is 2. The summed E-state index contributed by atoms with van der Waals surface area (Å²) < 4.78 is 8.92. The van der Waals surface area contributed by atoms with Crippen molar-refractivity contribution in [2.75, 3.05) is 13.2 Å². The van der Waals surface area contributed by atoms with E-state index in [1.807, 2.05) is 0 Å². The van der Waals surface area contributed by atoms with Crippen LogP contribution in [-0.2, 0) is 28.7 Å². The molecule has 0 amide bonds. The second-order valence-corrected chi connectivity index (χ2v) is 2.68. The number of rotatable bonds is 7. The maximum atomic E-state index is 10.8. The van der Waals surface area contributed by atoms with Crippen LogP contribution in [0.3, 0.4) is 0 Å². The molecule has 0 unspecified atom stereocenters. The Labute approximate surface area is 101 Å². The van der Waals surface area contributed by atoms with Crippen LogP contribution in [0.4, 0.5) is 0 Å². The van der Waals surface area contributed by atoms with Crippen LogP contribution in [0.15, 0.2) is 24.3 Å². The first kappa shape index (κ1) is 15.4. The van der Waals surface area contributed by atoms with Crippen LogP contribution in [0.1, 0.15) is 0 Å². The molecule has 0 spiro atoms. The molecule has 98 valence electrons. The fraction of sp³-hybridized carbons (Fsp3) is 0.200. The zero-order valence-electron chi connectivity index (χ0n) is 9.07. The summed E-state index contributed by atoms with van der Waals surface area (Å²) in [6.07, 6.45) is 2.61. The second-order valence-electron chi connectivity index (χ2n) is 2.68. The van der Waals surface area contributed by atoms with E-state index in [1.165, 1.54) is 0 Å². The van der Waals surface area contributed by atoms with E-state index in [1.54, 1.807) is 0 Å². The average molecular weight is 258 g/mol. The Bertz CT molecular complexity index is 355. The molecule has 0 aliphatic carbocycles. The predicted molar refractivity (Wildman–Crippen MR) is 55.5 cm³/mol. The van der Waals surface area contributed by atoms with Crippen LogP contribution in [0.25, 0.3) is 0 Å². The lowest BCUT2D eigenvalue weighted by Crippen LogP contribution is -2.11. The molecule has 0 atom stereocenters. The second kappa shape index (κ2) is 8.50. The molecule has 0 aliphatic rings. The van der Waals surface area contributed by atoms with Gasteiger partial charge in [0, 0.05) is 24.3 Å². The normalized spacial score (nSPS) is 10.4. The molecule has 0 heterocycles. The maximum Gasteiger partial charge on any atom is 0.331 e. The zero-order chi connectivity index (χ0) is 14.0. The molecule has 0 bridgehead atoms. The minimum absolute atomic E-state index is 0.268. The van der Waals surface area contributed by atoms with Gasteiger partial charge < -0.3 is 19.7 Å². The van der Waals surface area contributed by atoms with Crippen molar-refractivity contribution in [2.24, 2.45) is 0 Å². The first-order valence-electron chi connectivity index (χ1n) is 4.57. The summed E-state index contributed by atoms with van der Waals surface area (Å²) in [6, 6.07) is 0. The van der Waals surface area contributed by atoms with Gasteiger partial charge >= 0.3 is 23.9 Å². The standard InChI is InChI=1S/C10H10O8/c11-7(12)1-3-9(15)17-5-6-18-10(16)4-2-8(13)14/h1-4H,5-6H2,(H,11,12)(H,13,14)/b3-1+,4-2+. The van der Waals surface area contributed by atoms with E-state index < -0.39 is 23.9 Å². The Morgan fingerprint density at radius 1 is 0.722 bits per heavy atom. The van der Waals surface area contributed by atoms with E-state index in [4.69, 9.17) is 10.2 Å². The molecule has 0 fully saturated rings. The average Bonchev–Trinajstić information content (AvgIpc) is 2.29. The van der Waals surface area contributed by atoms with E-state index in [0.717, 1.165) is 0 Å². The van der Waals surface area contributed by atoms with Gasteiger partial charge in [0.25, 0.3) is 0 Å². The summed E-state index contributed by atoms with van der Waals surface area (Å²) in [6.45, 7) is -0.537. The van der Waals surface area contributed by atoms with Gasteiger partial charge in [-0.25, -0.2) is 19.2 Å². The Hall–Kier alpha value is -2.64. The van der Waals surface area contributed by atoms with Gasteiger partial charge in [-0.3, -0.25) is 0 Å². The summed E-state index contributed by atoms with van der Waals surface area (Å²) >= 11 is 0. The smallest absolute Gasteiger partial charge is 0.331 e. The molecule has 0 saturated carbocycles. The number of hydrogen-bond donors (Lipinski definition) is 2. The van der Waals surface area contributed by atoms with Crippen molar-refractivity contribution < 1.29 is 38.9 Å². The maximum absolute atomic E-state index is 10.8. The Kier molecular flexibility index (Phi) is 7.26. The van der Waals surface area contributed by atoms with Crippen molar-refractivity contribution in [1.29, 1.82) is 0 Å². The number of hydrogen-bond acceptors (Lipinski definition) is 6. The number of carbonyl (C=O) groups is 4. The fourth-order valence-electron chi connectivity index (χ4n) is 0.659. The number of carbonyl (C=O) groups excluding carboxylic acids is 2. The topological polar surface area (TPSA) is 127 Å². The molecule has 2 N–H and O–H groups in total. The highest BCUT2D eigenvalue weighted by Crippen LogP contribution is 1.86. The van der Waals surface area contributed by atoms with E-state index in [0.29, 0.717) is 24.3 Å². The number of esters is 2. The summed E-state index contributed by atoms with van der Waals surface area (Å²) in [4.78, 5) is 41.7. The fourth-order valence-corrected chi connectivity index (χ4v) is 0.659. The van der Waals surface area contributed by atoms with Gasteiger partial charge in [-0.15, -0.1) is 0 Å². The Balaban J connectivity index is 3.74. The van der Waals surface area contributed by atoms with Crippen molar-refractivity contribution in [3.8, 4) is 0 Å². The van der Waals surface area contributed by atoms with Gasteiger partial charge in [-0.1, -0.05) is 0 Å². The number of carboxylic acids is 2. The highest BCUT2D eigenvalue weighted by Gasteiger charge is 2.01. The van der Waals surface area contributed by atoms with E-state index in [-0.39, 0.29) is 13.2 Å². The third-order valence-electron chi connectivity index (χ3n) is 1.30. The first-order valence-corrected chi connectivity index (χ1v) is 4.57.